The van der Waals surface area contributed by atoms with Crippen molar-refractivity contribution in [2.45, 2.75) is 13.0 Å². The highest BCUT2D eigenvalue weighted by Gasteiger charge is 2.08. The van der Waals surface area contributed by atoms with Gasteiger partial charge in [-0.25, -0.2) is 4.98 Å². The highest BCUT2D eigenvalue weighted by atomic mass is 32.1. The molecule has 0 saturated carbocycles. The number of fused-ring (bicyclic) bond motifs is 1. The Kier molecular flexibility index (Phi) is 5.75. The summed E-state index contributed by atoms with van der Waals surface area (Å²) >= 11 is 1.41. The maximum atomic E-state index is 12.2. The number of nitrogens with one attached hydrogen (secondary N) is 2. The van der Waals surface area contributed by atoms with Crippen LogP contribution in [0.3, 0.4) is 0 Å². The van der Waals surface area contributed by atoms with Crippen LogP contribution in [0.2, 0.25) is 0 Å². The van der Waals surface area contributed by atoms with E-state index in [2.05, 4.69) is 15.6 Å². The van der Waals surface area contributed by atoms with Gasteiger partial charge in [-0.3, -0.25) is 19.0 Å². The van der Waals surface area contributed by atoms with Gasteiger partial charge in [0.2, 0.25) is 5.91 Å². The number of carbonyl (C=O) groups excluding carboxylic acids is 2. The van der Waals surface area contributed by atoms with Gasteiger partial charge >= 0.3 is 0 Å². The zero-order chi connectivity index (χ0) is 18.4. The first-order valence-electron chi connectivity index (χ1n) is 8.18. The van der Waals surface area contributed by atoms with Gasteiger partial charge in [-0.15, -0.1) is 11.3 Å². The molecule has 134 valence electrons. The van der Waals surface area contributed by atoms with E-state index in [0.717, 1.165) is 0 Å². The third kappa shape index (κ3) is 4.34. The molecule has 7 nitrogen and oxygen atoms in total. The van der Waals surface area contributed by atoms with Gasteiger partial charge in [0.1, 0.15) is 4.83 Å². The standard InChI is InChI=1S/C18H18N4O3S/c23-15(19-8-9-20-16(24)13-4-2-1-3-5-13)6-10-22-12-21-17-14(18(22)25)7-11-26-17/h1-5,7,11-12H,6,8-10H2,(H,19,23)(H,20,24). The molecule has 3 rings (SSSR count). The van der Waals surface area contributed by atoms with E-state index >= 15 is 0 Å². The molecule has 0 radical (unpaired) electrons. The number of amides is 2. The monoisotopic (exact) mass is 370 g/mol. The minimum absolute atomic E-state index is 0.140. The van der Waals surface area contributed by atoms with E-state index in [1.165, 1.54) is 22.2 Å². The molecule has 3 aromatic rings. The summed E-state index contributed by atoms with van der Waals surface area (Å²) in [6, 6.07) is 10.6. The molecule has 0 unspecified atom stereocenters. The summed E-state index contributed by atoms with van der Waals surface area (Å²) in [7, 11) is 0. The van der Waals surface area contributed by atoms with Gasteiger partial charge in [-0.1, -0.05) is 18.2 Å². The van der Waals surface area contributed by atoms with Crippen LogP contribution >= 0.6 is 11.3 Å². The van der Waals surface area contributed by atoms with E-state index in [1.54, 1.807) is 30.3 Å². The smallest absolute Gasteiger partial charge is 0.262 e. The topological polar surface area (TPSA) is 93.1 Å². The third-order valence-electron chi connectivity index (χ3n) is 3.80. The molecule has 0 saturated heterocycles. The predicted octanol–water partition coefficient (Wildman–Crippen LogP) is 1.39. The van der Waals surface area contributed by atoms with Crippen LogP contribution in [-0.2, 0) is 11.3 Å². The van der Waals surface area contributed by atoms with E-state index in [4.69, 9.17) is 0 Å². The van der Waals surface area contributed by atoms with Crippen LogP contribution in [0, 0.1) is 0 Å². The van der Waals surface area contributed by atoms with Crippen molar-refractivity contribution < 1.29 is 9.59 Å². The summed E-state index contributed by atoms with van der Waals surface area (Å²) in [6.45, 7) is 0.926. The summed E-state index contributed by atoms with van der Waals surface area (Å²) < 4.78 is 1.44. The van der Waals surface area contributed by atoms with Crippen molar-refractivity contribution >= 4 is 33.4 Å². The van der Waals surface area contributed by atoms with Gasteiger partial charge in [-0.2, -0.15) is 0 Å². The van der Waals surface area contributed by atoms with Gasteiger partial charge in [0, 0.05) is 31.6 Å². The summed E-state index contributed by atoms with van der Waals surface area (Å²) in [4.78, 5) is 40.9. The molecule has 2 N–H and O–H groups in total. The number of aryl methyl sites for hydroxylation is 1. The average Bonchev–Trinajstić information content (AvgIpc) is 3.15. The van der Waals surface area contributed by atoms with Gasteiger partial charge in [0.25, 0.3) is 11.5 Å². The summed E-state index contributed by atoms with van der Waals surface area (Å²) in [5.41, 5.74) is 0.439. The average molecular weight is 370 g/mol. The van der Waals surface area contributed by atoms with E-state index < -0.39 is 0 Å². The van der Waals surface area contributed by atoms with Gasteiger partial charge in [-0.05, 0) is 23.6 Å². The van der Waals surface area contributed by atoms with Crippen molar-refractivity contribution in [2.75, 3.05) is 13.1 Å². The fourth-order valence-electron chi connectivity index (χ4n) is 2.43. The zero-order valence-electron chi connectivity index (χ0n) is 14.0. The van der Waals surface area contributed by atoms with E-state index in [9.17, 15) is 14.4 Å². The number of carbonyl (C=O) groups is 2. The van der Waals surface area contributed by atoms with Crippen LogP contribution in [0.15, 0.2) is 52.9 Å². The van der Waals surface area contributed by atoms with E-state index in [-0.39, 0.29) is 30.3 Å². The van der Waals surface area contributed by atoms with E-state index in [0.29, 0.717) is 28.9 Å². The normalized spacial score (nSPS) is 10.6. The fourth-order valence-corrected chi connectivity index (χ4v) is 3.16. The Morgan fingerprint density at radius 2 is 1.85 bits per heavy atom. The van der Waals surface area contributed by atoms with Crippen molar-refractivity contribution in [3.63, 3.8) is 0 Å². The number of thiophene rings is 1. The van der Waals surface area contributed by atoms with Gasteiger partial charge < -0.3 is 10.6 Å². The Bertz CT molecular complexity index is 965. The van der Waals surface area contributed by atoms with Crippen LogP contribution in [0.4, 0.5) is 0 Å². The lowest BCUT2D eigenvalue weighted by Crippen LogP contribution is -2.35. The number of hydrogen-bond acceptors (Lipinski definition) is 5. The Morgan fingerprint density at radius 1 is 1.08 bits per heavy atom. The SMILES string of the molecule is O=C(CCn1cnc2sccc2c1=O)NCCNC(=O)c1ccccc1. The number of hydrogen-bond donors (Lipinski definition) is 2. The van der Waals surface area contributed by atoms with Gasteiger partial charge in [0.05, 0.1) is 11.7 Å². The minimum Gasteiger partial charge on any atom is -0.354 e. The Balaban J connectivity index is 1.41. The van der Waals surface area contributed by atoms with Crippen LogP contribution in [0.1, 0.15) is 16.8 Å². The molecular formula is C18H18N4O3S. The van der Waals surface area contributed by atoms with Crippen LogP contribution in [-0.4, -0.2) is 34.5 Å². The Labute approximate surface area is 153 Å². The second-order valence-electron chi connectivity index (χ2n) is 5.60. The van der Waals surface area contributed by atoms with Crippen LogP contribution in [0.25, 0.3) is 10.2 Å². The first-order chi connectivity index (χ1) is 12.6. The predicted molar refractivity (Wildman–Crippen MR) is 100 cm³/mol. The molecule has 0 spiro atoms. The second-order valence-corrected chi connectivity index (χ2v) is 6.50. The Hall–Kier alpha value is -3.00. The lowest BCUT2D eigenvalue weighted by atomic mass is 10.2. The molecule has 8 heteroatoms. The zero-order valence-corrected chi connectivity index (χ0v) is 14.8. The molecule has 0 bridgehead atoms. The molecule has 2 aromatic heterocycles. The van der Waals surface area contributed by atoms with Gasteiger partial charge in [0.15, 0.2) is 0 Å². The highest BCUT2D eigenvalue weighted by Crippen LogP contribution is 2.13. The lowest BCUT2D eigenvalue weighted by molar-refractivity contribution is -0.121. The molecular weight excluding hydrogens is 352 g/mol. The van der Waals surface area contributed by atoms with Crippen molar-refractivity contribution in [2.24, 2.45) is 0 Å². The van der Waals surface area contributed by atoms with Crippen molar-refractivity contribution in [3.8, 4) is 0 Å². The lowest BCUT2D eigenvalue weighted by Gasteiger charge is -2.08. The molecule has 26 heavy (non-hydrogen) atoms. The fraction of sp³-hybridized carbons (Fsp3) is 0.222. The number of aromatic nitrogens is 2. The number of nitrogens with zero attached hydrogens (tertiary/aromatic N) is 2. The molecule has 1 aromatic carbocycles. The molecule has 0 aliphatic carbocycles. The third-order valence-corrected chi connectivity index (χ3v) is 4.62. The maximum absolute atomic E-state index is 12.2. The second kappa shape index (κ2) is 8.39. The summed E-state index contributed by atoms with van der Waals surface area (Å²) in [5.74, 6) is -0.363. The minimum atomic E-state index is -0.184. The first-order valence-corrected chi connectivity index (χ1v) is 9.06. The summed E-state index contributed by atoms with van der Waals surface area (Å²) in [5, 5.41) is 7.85. The number of benzene rings is 1. The molecule has 0 atom stereocenters. The van der Waals surface area contributed by atoms with Crippen molar-refractivity contribution in [1.82, 2.24) is 20.2 Å². The molecule has 0 aliphatic rings. The van der Waals surface area contributed by atoms with Crippen LogP contribution in [0.5, 0.6) is 0 Å². The molecule has 0 fully saturated rings. The van der Waals surface area contributed by atoms with E-state index in [1.807, 2.05) is 11.4 Å². The first kappa shape index (κ1) is 17.8. The van der Waals surface area contributed by atoms with Crippen LogP contribution < -0.4 is 16.2 Å². The van der Waals surface area contributed by atoms with Crippen molar-refractivity contribution in [3.05, 3.63) is 64.0 Å². The maximum Gasteiger partial charge on any atom is 0.262 e. The largest absolute Gasteiger partial charge is 0.354 e. The molecule has 2 amide bonds. The Morgan fingerprint density at radius 3 is 2.65 bits per heavy atom. The number of rotatable bonds is 7. The quantitative estimate of drug-likeness (QED) is 0.615. The molecule has 2 heterocycles. The molecule has 0 aliphatic heterocycles. The van der Waals surface area contributed by atoms with Crippen molar-refractivity contribution in [1.29, 1.82) is 0 Å². The summed E-state index contributed by atoms with van der Waals surface area (Å²) in [6.07, 6.45) is 1.64. The highest BCUT2D eigenvalue weighted by molar-refractivity contribution is 7.16.